The van der Waals surface area contributed by atoms with Gasteiger partial charge >= 0.3 is 0 Å². The van der Waals surface area contributed by atoms with Crippen molar-refractivity contribution in [2.45, 2.75) is 6.10 Å². The zero-order valence-corrected chi connectivity index (χ0v) is 5.87. The molecule has 0 bridgehead atoms. The van der Waals surface area contributed by atoms with Crippen LogP contribution in [0.15, 0.2) is 18.3 Å². The minimum Gasteiger partial charge on any atom is -0.385 e. The molecule has 0 fully saturated rings. The summed E-state index contributed by atoms with van der Waals surface area (Å²) in [7, 11) is 0. The molecular formula is C7H9FN2O. The van der Waals surface area contributed by atoms with Crippen molar-refractivity contribution in [3.05, 3.63) is 29.8 Å². The van der Waals surface area contributed by atoms with Crippen LogP contribution in [-0.2, 0) is 0 Å². The van der Waals surface area contributed by atoms with Crippen LogP contribution in [0, 0.1) is 5.82 Å². The lowest BCUT2D eigenvalue weighted by atomic mass is 10.2. The third-order valence-corrected chi connectivity index (χ3v) is 1.31. The van der Waals surface area contributed by atoms with E-state index in [1.54, 1.807) is 0 Å². The molecule has 1 aromatic rings. The summed E-state index contributed by atoms with van der Waals surface area (Å²) in [6, 6.07) is 2.65. The van der Waals surface area contributed by atoms with Gasteiger partial charge in [0.05, 0.1) is 11.9 Å². The highest BCUT2D eigenvalue weighted by atomic mass is 19.1. The van der Waals surface area contributed by atoms with Gasteiger partial charge in [-0.05, 0) is 12.1 Å². The molecule has 1 heterocycles. The van der Waals surface area contributed by atoms with Crippen LogP contribution in [0.4, 0.5) is 4.39 Å². The van der Waals surface area contributed by atoms with Crippen molar-refractivity contribution >= 4 is 0 Å². The van der Waals surface area contributed by atoms with Crippen LogP contribution in [0.2, 0.25) is 0 Å². The first-order chi connectivity index (χ1) is 5.24. The van der Waals surface area contributed by atoms with Crippen LogP contribution in [0.3, 0.4) is 0 Å². The number of pyridine rings is 1. The first kappa shape index (κ1) is 8.10. The molecule has 0 amide bonds. The first-order valence-electron chi connectivity index (χ1n) is 3.23. The van der Waals surface area contributed by atoms with Crippen molar-refractivity contribution in [1.29, 1.82) is 0 Å². The second-order valence-electron chi connectivity index (χ2n) is 2.15. The average Bonchev–Trinajstić information content (AvgIpc) is 2.05. The van der Waals surface area contributed by atoms with Gasteiger partial charge in [0.25, 0.3) is 0 Å². The molecule has 3 nitrogen and oxygen atoms in total. The molecule has 0 aliphatic carbocycles. The fourth-order valence-electron chi connectivity index (χ4n) is 0.705. The molecule has 0 unspecified atom stereocenters. The molecule has 0 spiro atoms. The molecule has 0 radical (unpaired) electrons. The van der Waals surface area contributed by atoms with Crippen LogP contribution >= 0.6 is 0 Å². The molecule has 0 aliphatic rings. The Bertz CT molecular complexity index is 224. The SMILES string of the molecule is NC[C@H](O)c1ccc(F)cn1. The number of aliphatic hydroxyl groups excluding tert-OH is 1. The van der Waals surface area contributed by atoms with E-state index in [4.69, 9.17) is 10.8 Å². The predicted octanol–water partition coefficient (Wildman–Crippen LogP) is 0.213. The van der Waals surface area contributed by atoms with Crippen LogP contribution in [0.5, 0.6) is 0 Å². The smallest absolute Gasteiger partial charge is 0.141 e. The van der Waals surface area contributed by atoms with E-state index in [1.165, 1.54) is 12.1 Å². The van der Waals surface area contributed by atoms with E-state index < -0.39 is 11.9 Å². The molecule has 0 saturated heterocycles. The number of nitrogens with zero attached hydrogens (tertiary/aromatic N) is 1. The van der Waals surface area contributed by atoms with Gasteiger partial charge < -0.3 is 10.8 Å². The molecule has 11 heavy (non-hydrogen) atoms. The maximum absolute atomic E-state index is 12.3. The van der Waals surface area contributed by atoms with Crippen molar-refractivity contribution in [2.75, 3.05) is 6.54 Å². The summed E-state index contributed by atoms with van der Waals surface area (Å²) in [5.41, 5.74) is 5.56. The third-order valence-electron chi connectivity index (χ3n) is 1.31. The Morgan fingerprint density at radius 2 is 2.36 bits per heavy atom. The zero-order valence-electron chi connectivity index (χ0n) is 5.87. The lowest BCUT2D eigenvalue weighted by molar-refractivity contribution is 0.181. The van der Waals surface area contributed by atoms with E-state index in [0.29, 0.717) is 5.69 Å². The number of aliphatic hydroxyl groups is 1. The largest absolute Gasteiger partial charge is 0.385 e. The molecule has 0 saturated carbocycles. The number of halogens is 1. The van der Waals surface area contributed by atoms with Gasteiger partial charge in [-0.1, -0.05) is 0 Å². The third kappa shape index (κ3) is 1.96. The van der Waals surface area contributed by atoms with Gasteiger partial charge in [0, 0.05) is 6.54 Å². The van der Waals surface area contributed by atoms with Crippen molar-refractivity contribution in [2.24, 2.45) is 5.73 Å². The number of nitrogens with two attached hydrogens (primary N) is 1. The van der Waals surface area contributed by atoms with Gasteiger partial charge in [0.2, 0.25) is 0 Å². The molecule has 1 rings (SSSR count). The predicted molar refractivity (Wildman–Crippen MR) is 38.2 cm³/mol. The number of hydrogen-bond donors (Lipinski definition) is 2. The van der Waals surface area contributed by atoms with Crippen LogP contribution in [0.1, 0.15) is 11.8 Å². The van der Waals surface area contributed by atoms with Crippen molar-refractivity contribution in [3.63, 3.8) is 0 Å². The topological polar surface area (TPSA) is 59.1 Å². The maximum atomic E-state index is 12.3. The summed E-state index contributed by atoms with van der Waals surface area (Å²) >= 11 is 0. The Balaban J connectivity index is 2.81. The van der Waals surface area contributed by atoms with Gasteiger partial charge in [-0.2, -0.15) is 0 Å². The minimum absolute atomic E-state index is 0.0959. The summed E-state index contributed by atoms with van der Waals surface area (Å²) in [5, 5.41) is 9.11. The number of rotatable bonds is 2. The fraction of sp³-hybridized carbons (Fsp3) is 0.286. The van der Waals surface area contributed by atoms with Gasteiger partial charge in [0.1, 0.15) is 11.9 Å². The highest BCUT2D eigenvalue weighted by molar-refractivity contribution is 5.08. The minimum atomic E-state index is -0.796. The van der Waals surface area contributed by atoms with Crippen LogP contribution in [-0.4, -0.2) is 16.6 Å². The highest BCUT2D eigenvalue weighted by Gasteiger charge is 2.05. The van der Waals surface area contributed by atoms with E-state index >= 15 is 0 Å². The Hall–Kier alpha value is -1.00. The Morgan fingerprint density at radius 1 is 1.64 bits per heavy atom. The quantitative estimate of drug-likeness (QED) is 0.643. The monoisotopic (exact) mass is 156 g/mol. The van der Waals surface area contributed by atoms with Crippen LogP contribution < -0.4 is 5.73 Å². The second-order valence-corrected chi connectivity index (χ2v) is 2.15. The first-order valence-corrected chi connectivity index (χ1v) is 3.23. The highest BCUT2D eigenvalue weighted by Crippen LogP contribution is 2.07. The van der Waals surface area contributed by atoms with E-state index in [0.717, 1.165) is 6.20 Å². The lowest BCUT2D eigenvalue weighted by Crippen LogP contribution is -2.12. The van der Waals surface area contributed by atoms with E-state index in [2.05, 4.69) is 4.98 Å². The van der Waals surface area contributed by atoms with Crippen molar-refractivity contribution in [1.82, 2.24) is 4.98 Å². The Labute approximate surface area is 63.7 Å². The fourth-order valence-corrected chi connectivity index (χ4v) is 0.705. The number of hydrogen-bond acceptors (Lipinski definition) is 3. The van der Waals surface area contributed by atoms with Crippen molar-refractivity contribution < 1.29 is 9.50 Å². The molecule has 0 aliphatic heterocycles. The van der Waals surface area contributed by atoms with Crippen LogP contribution in [0.25, 0.3) is 0 Å². The maximum Gasteiger partial charge on any atom is 0.141 e. The van der Waals surface area contributed by atoms with Gasteiger partial charge in [-0.3, -0.25) is 4.98 Å². The molecule has 60 valence electrons. The lowest BCUT2D eigenvalue weighted by Gasteiger charge is -2.04. The summed E-state index contributed by atoms with van der Waals surface area (Å²) in [6.07, 6.45) is 0.254. The molecule has 3 N–H and O–H groups in total. The van der Waals surface area contributed by atoms with E-state index in [-0.39, 0.29) is 6.54 Å². The Morgan fingerprint density at radius 3 is 2.82 bits per heavy atom. The van der Waals surface area contributed by atoms with E-state index in [9.17, 15) is 4.39 Å². The Kier molecular flexibility index (Phi) is 2.51. The summed E-state index contributed by atoms with van der Waals surface area (Å²) in [5.74, 6) is -0.419. The van der Waals surface area contributed by atoms with E-state index in [1.807, 2.05) is 0 Å². The zero-order chi connectivity index (χ0) is 8.27. The van der Waals surface area contributed by atoms with Gasteiger partial charge in [-0.25, -0.2) is 4.39 Å². The van der Waals surface area contributed by atoms with Gasteiger partial charge in [0.15, 0.2) is 0 Å². The standard InChI is InChI=1S/C7H9FN2O/c8-5-1-2-6(10-4-5)7(11)3-9/h1-2,4,7,11H,3,9H2/t7-/m0/s1. The molecule has 0 aromatic carbocycles. The summed E-state index contributed by atoms with van der Waals surface area (Å²) in [4.78, 5) is 3.64. The number of aromatic nitrogens is 1. The second kappa shape index (κ2) is 3.41. The molecule has 1 atom stereocenters. The van der Waals surface area contributed by atoms with Crippen molar-refractivity contribution in [3.8, 4) is 0 Å². The molecular weight excluding hydrogens is 147 g/mol. The summed E-state index contributed by atoms with van der Waals surface area (Å²) < 4.78 is 12.3. The average molecular weight is 156 g/mol. The summed E-state index contributed by atoms with van der Waals surface area (Å²) in [6.45, 7) is 0.0959. The van der Waals surface area contributed by atoms with Gasteiger partial charge in [-0.15, -0.1) is 0 Å². The normalized spacial score (nSPS) is 13.0. The molecule has 4 heteroatoms. The molecule has 1 aromatic heterocycles.